The quantitative estimate of drug-likeness (QED) is 0.745. The van der Waals surface area contributed by atoms with E-state index in [4.69, 9.17) is 11.6 Å². The van der Waals surface area contributed by atoms with E-state index < -0.39 is 0 Å². The Morgan fingerprint density at radius 3 is 2.53 bits per heavy atom. The van der Waals surface area contributed by atoms with Gasteiger partial charge in [-0.1, -0.05) is 17.7 Å². The zero-order valence-corrected chi connectivity index (χ0v) is 12.4. The van der Waals surface area contributed by atoms with Crippen molar-refractivity contribution in [3.8, 4) is 0 Å². The van der Waals surface area contributed by atoms with Gasteiger partial charge in [0.15, 0.2) is 0 Å². The van der Waals surface area contributed by atoms with E-state index in [0.717, 1.165) is 24.7 Å². The molecule has 0 saturated carbocycles. The van der Waals surface area contributed by atoms with Crippen molar-refractivity contribution in [2.75, 3.05) is 26.2 Å². The minimum Gasteiger partial charge on any atom is -0.334 e. The maximum Gasteiger partial charge on any atom is 0.233 e. The molecular formula is C14H22ClN2O2+. The number of nitrogens with zero attached hydrogens (tertiary/aromatic N) is 1. The predicted octanol–water partition coefficient (Wildman–Crippen LogP) is 0.429. The normalized spacial score (nSPS) is 26.9. The van der Waals surface area contributed by atoms with E-state index >= 15 is 0 Å². The van der Waals surface area contributed by atoms with Crippen LogP contribution in [0, 0.1) is 11.8 Å². The van der Waals surface area contributed by atoms with Crippen LogP contribution < -0.4 is 4.90 Å². The number of likely N-dealkylation sites (tertiary alicyclic amines) is 1. The Hall–Kier alpha value is -0.870. The highest BCUT2D eigenvalue weighted by atomic mass is 35.5. The van der Waals surface area contributed by atoms with Gasteiger partial charge in [0.25, 0.3) is 0 Å². The van der Waals surface area contributed by atoms with E-state index in [0.29, 0.717) is 19.4 Å². The van der Waals surface area contributed by atoms with E-state index in [-0.39, 0.29) is 23.7 Å². The van der Waals surface area contributed by atoms with E-state index in [1.165, 1.54) is 9.80 Å². The Morgan fingerprint density at radius 2 is 1.89 bits per heavy atom. The molecule has 4 nitrogen and oxygen atoms in total. The van der Waals surface area contributed by atoms with Crippen molar-refractivity contribution >= 4 is 23.4 Å². The number of amides is 2. The van der Waals surface area contributed by atoms with Crippen LogP contribution in [0.15, 0.2) is 11.1 Å². The lowest BCUT2D eigenvalue weighted by Crippen LogP contribution is -3.12. The molecule has 2 atom stereocenters. The van der Waals surface area contributed by atoms with E-state index in [9.17, 15) is 9.59 Å². The van der Waals surface area contributed by atoms with Crippen LogP contribution in [0.4, 0.5) is 0 Å². The fourth-order valence-corrected chi connectivity index (χ4v) is 3.25. The molecular weight excluding hydrogens is 264 g/mol. The van der Waals surface area contributed by atoms with Crippen LogP contribution in [-0.2, 0) is 9.59 Å². The van der Waals surface area contributed by atoms with Gasteiger partial charge in [-0.15, -0.1) is 0 Å². The maximum atomic E-state index is 12.3. The number of carbonyl (C=O) groups is 2. The van der Waals surface area contributed by atoms with Crippen LogP contribution in [0.25, 0.3) is 0 Å². The molecule has 0 bridgehead atoms. The summed E-state index contributed by atoms with van der Waals surface area (Å²) in [5, 5.41) is 0.721. The highest BCUT2D eigenvalue weighted by Gasteiger charge is 2.48. The number of likely N-dealkylation sites (N-methyl/N-ethyl adjacent to an activating group) is 1. The van der Waals surface area contributed by atoms with Crippen molar-refractivity contribution in [3.05, 3.63) is 11.1 Å². The summed E-state index contributed by atoms with van der Waals surface area (Å²) in [6.07, 6.45) is 3.03. The monoisotopic (exact) mass is 285 g/mol. The molecule has 19 heavy (non-hydrogen) atoms. The minimum absolute atomic E-state index is 0.00183. The van der Waals surface area contributed by atoms with Crippen LogP contribution in [0.2, 0.25) is 0 Å². The third-order valence-corrected chi connectivity index (χ3v) is 4.66. The van der Waals surface area contributed by atoms with E-state index in [1.807, 2.05) is 6.08 Å². The van der Waals surface area contributed by atoms with Gasteiger partial charge in [-0.25, -0.2) is 0 Å². The molecule has 0 aromatic rings. The lowest BCUT2D eigenvalue weighted by atomic mass is 9.85. The molecule has 5 heteroatoms. The number of hydrogen-bond acceptors (Lipinski definition) is 2. The Morgan fingerprint density at radius 1 is 1.26 bits per heavy atom. The first-order chi connectivity index (χ1) is 9.08. The van der Waals surface area contributed by atoms with Gasteiger partial charge in [-0.05, 0) is 26.7 Å². The molecule has 2 rings (SSSR count). The first-order valence-electron chi connectivity index (χ1n) is 7.11. The number of allylic oxidation sites excluding steroid dienone is 2. The lowest BCUT2D eigenvalue weighted by Gasteiger charge is -2.19. The zero-order chi connectivity index (χ0) is 14.0. The van der Waals surface area contributed by atoms with Gasteiger partial charge in [0.2, 0.25) is 11.8 Å². The third-order valence-electron chi connectivity index (χ3n) is 4.35. The maximum absolute atomic E-state index is 12.3. The second kappa shape index (κ2) is 6.06. The van der Waals surface area contributed by atoms with Crippen LogP contribution in [0.1, 0.15) is 26.7 Å². The van der Waals surface area contributed by atoms with E-state index in [2.05, 4.69) is 13.8 Å². The van der Waals surface area contributed by atoms with Gasteiger partial charge >= 0.3 is 0 Å². The summed E-state index contributed by atoms with van der Waals surface area (Å²) in [6.45, 7) is 7.66. The summed E-state index contributed by atoms with van der Waals surface area (Å²) in [5.74, 6) is -0.395. The number of halogens is 1. The Balaban J connectivity index is 2.00. The first-order valence-corrected chi connectivity index (χ1v) is 7.49. The van der Waals surface area contributed by atoms with Crippen molar-refractivity contribution in [2.45, 2.75) is 26.7 Å². The summed E-state index contributed by atoms with van der Waals surface area (Å²) in [7, 11) is 0. The van der Waals surface area contributed by atoms with Crippen LogP contribution in [-0.4, -0.2) is 42.9 Å². The summed E-state index contributed by atoms with van der Waals surface area (Å²) in [5.41, 5.74) is 0. The van der Waals surface area contributed by atoms with Gasteiger partial charge in [0.05, 0.1) is 38.0 Å². The molecule has 1 aliphatic carbocycles. The molecule has 1 saturated heterocycles. The van der Waals surface area contributed by atoms with Gasteiger partial charge in [0, 0.05) is 5.03 Å². The van der Waals surface area contributed by atoms with Gasteiger partial charge in [-0.2, -0.15) is 0 Å². The zero-order valence-electron chi connectivity index (χ0n) is 11.6. The molecule has 1 heterocycles. The molecule has 2 amide bonds. The molecule has 106 valence electrons. The first kappa shape index (κ1) is 14.5. The molecule has 1 fully saturated rings. The highest BCUT2D eigenvalue weighted by Crippen LogP contribution is 2.38. The smallest absolute Gasteiger partial charge is 0.233 e. The average molecular weight is 286 g/mol. The summed E-state index contributed by atoms with van der Waals surface area (Å²) < 4.78 is 0. The Bertz CT molecular complexity index is 404. The molecule has 1 N–H and O–H groups in total. The summed E-state index contributed by atoms with van der Waals surface area (Å²) >= 11 is 5.99. The van der Waals surface area contributed by atoms with Crippen LogP contribution in [0.5, 0.6) is 0 Å². The Kier molecular flexibility index (Phi) is 4.63. The number of imide groups is 1. The number of fused-ring (bicyclic) bond motifs is 1. The predicted molar refractivity (Wildman–Crippen MR) is 73.8 cm³/mol. The third kappa shape index (κ3) is 2.84. The van der Waals surface area contributed by atoms with Crippen molar-refractivity contribution in [1.29, 1.82) is 0 Å². The van der Waals surface area contributed by atoms with Crippen LogP contribution >= 0.6 is 11.6 Å². The topological polar surface area (TPSA) is 41.8 Å². The fraction of sp³-hybridized carbons (Fsp3) is 0.714. The Labute approximate surface area is 119 Å². The summed E-state index contributed by atoms with van der Waals surface area (Å²) in [6, 6.07) is 0. The van der Waals surface area contributed by atoms with Crippen molar-refractivity contribution in [2.24, 2.45) is 11.8 Å². The largest absolute Gasteiger partial charge is 0.334 e. The highest BCUT2D eigenvalue weighted by molar-refractivity contribution is 6.30. The SMILES string of the molecule is CC[NH+](CC)CCN1C(=O)[C@H]2CC=C(Cl)C[C@@H]2C1=O. The van der Waals surface area contributed by atoms with E-state index in [1.54, 1.807) is 0 Å². The fourth-order valence-electron chi connectivity index (χ4n) is 2.99. The molecule has 0 unspecified atom stereocenters. The number of quaternary nitrogens is 1. The van der Waals surface area contributed by atoms with Gasteiger partial charge in [-0.3, -0.25) is 14.5 Å². The van der Waals surface area contributed by atoms with Gasteiger partial charge in [0.1, 0.15) is 0 Å². The summed E-state index contributed by atoms with van der Waals surface area (Å²) in [4.78, 5) is 27.4. The molecule has 0 aromatic carbocycles. The number of carbonyl (C=O) groups excluding carboxylic acids is 2. The standard InChI is InChI=1S/C14H21ClN2O2/c1-3-16(4-2)7-8-17-13(18)11-6-5-10(15)9-12(11)14(17)19/h5,11-12H,3-4,6-9H2,1-2H3/p+1/t11-,12-/m0/s1. The molecule has 1 aliphatic heterocycles. The van der Waals surface area contributed by atoms with Crippen LogP contribution in [0.3, 0.4) is 0 Å². The van der Waals surface area contributed by atoms with Gasteiger partial charge < -0.3 is 4.90 Å². The molecule has 0 aromatic heterocycles. The number of hydrogen-bond donors (Lipinski definition) is 1. The molecule has 0 radical (unpaired) electrons. The molecule has 0 spiro atoms. The molecule has 2 aliphatic rings. The number of nitrogens with one attached hydrogen (secondary N) is 1. The lowest BCUT2D eigenvalue weighted by molar-refractivity contribution is -0.895. The number of rotatable bonds is 5. The van der Waals surface area contributed by atoms with Crippen molar-refractivity contribution in [1.82, 2.24) is 4.90 Å². The van der Waals surface area contributed by atoms with Crippen molar-refractivity contribution in [3.63, 3.8) is 0 Å². The second-order valence-electron chi connectivity index (χ2n) is 5.34. The van der Waals surface area contributed by atoms with Crippen molar-refractivity contribution < 1.29 is 14.5 Å². The minimum atomic E-state index is -0.211. The second-order valence-corrected chi connectivity index (χ2v) is 5.82. The average Bonchev–Trinajstić information content (AvgIpc) is 2.64.